The van der Waals surface area contributed by atoms with Crippen molar-refractivity contribution >= 4 is 75.3 Å². The van der Waals surface area contributed by atoms with E-state index in [1.165, 1.54) is 31.4 Å². The summed E-state index contributed by atoms with van der Waals surface area (Å²) in [5.41, 5.74) is 14.9. The molecule has 1 aliphatic heterocycles. The fourth-order valence-electron chi connectivity index (χ4n) is 7.45. The third kappa shape index (κ3) is 9.89. The third-order valence-electron chi connectivity index (χ3n) is 10.6. The quantitative estimate of drug-likeness (QED) is 0.0418. The van der Waals surface area contributed by atoms with Gasteiger partial charge in [-0.3, -0.25) is 58.5 Å². The van der Waals surface area contributed by atoms with Crippen molar-refractivity contribution in [3.8, 4) is 11.5 Å². The van der Waals surface area contributed by atoms with Gasteiger partial charge in [0.15, 0.2) is 0 Å². The molecule has 0 spiro atoms. The highest BCUT2D eigenvalue weighted by molar-refractivity contribution is 6.14. The number of imide groups is 1. The first-order chi connectivity index (χ1) is 32.1. The molecule has 23 nitrogen and oxygen atoms in total. The van der Waals surface area contributed by atoms with Crippen LogP contribution in [0.4, 0.5) is 11.9 Å². The summed E-state index contributed by atoms with van der Waals surface area (Å²) < 4.78 is 18.4. The van der Waals surface area contributed by atoms with Gasteiger partial charge in [0.2, 0.25) is 29.6 Å². The number of aryl methyl sites for hydroxylation is 4. The molecule has 23 heteroatoms. The normalized spacial score (nSPS) is 12.5. The van der Waals surface area contributed by atoms with Gasteiger partial charge in [-0.1, -0.05) is 12.2 Å². The zero-order valence-electron chi connectivity index (χ0n) is 37.3. The number of methoxy groups -OCH3 is 1. The van der Waals surface area contributed by atoms with Crippen LogP contribution in [0.5, 0.6) is 11.5 Å². The van der Waals surface area contributed by atoms with Crippen LogP contribution in [0.1, 0.15) is 73.3 Å². The Hall–Kier alpha value is -8.63. The molecule has 67 heavy (non-hydrogen) atoms. The summed E-state index contributed by atoms with van der Waals surface area (Å²) in [4.78, 5) is 98.8. The molecule has 0 radical (unpaired) electrons. The number of benzene rings is 2. The molecule has 1 aliphatic rings. The van der Waals surface area contributed by atoms with Gasteiger partial charge in [-0.25, -0.2) is 9.97 Å². The minimum absolute atomic E-state index is 0.0263. The van der Waals surface area contributed by atoms with Crippen molar-refractivity contribution in [2.24, 2.45) is 11.5 Å². The summed E-state index contributed by atoms with van der Waals surface area (Å²) >= 11 is 0. The van der Waals surface area contributed by atoms with Gasteiger partial charge in [0.25, 0.3) is 23.6 Å². The summed E-state index contributed by atoms with van der Waals surface area (Å²) in [6.07, 6.45) is 6.02. The van der Waals surface area contributed by atoms with E-state index in [0.29, 0.717) is 46.7 Å². The number of fused-ring (bicyclic) bond motifs is 2. The lowest BCUT2D eigenvalue weighted by molar-refractivity contribution is -0.141. The third-order valence-corrected chi connectivity index (χ3v) is 10.6. The summed E-state index contributed by atoms with van der Waals surface area (Å²) in [5, 5.41) is 17.2. The van der Waals surface area contributed by atoms with Crippen molar-refractivity contribution in [3.05, 3.63) is 94.6 Å². The van der Waals surface area contributed by atoms with E-state index in [2.05, 4.69) is 31.1 Å². The van der Waals surface area contributed by atoms with Gasteiger partial charge in [-0.15, -0.1) is 0 Å². The van der Waals surface area contributed by atoms with Gasteiger partial charge in [0.05, 0.1) is 36.1 Å². The minimum atomic E-state index is -0.759. The van der Waals surface area contributed by atoms with E-state index in [-0.39, 0.29) is 78.4 Å². The van der Waals surface area contributed by atoms with Crippen LogP contribution < -0.4 is 36.9 Å². The number of allylic oxidation sites excluding steroid dienone is 2. The maximum atomic E-state index is 13.8. The first-order valence-corrected chi connectivity index (χ1v) is 21.1. The van der Waals surface area contributed by atoms with E-state index >= 15 is 0 Å². The number of carbonyl (C=O) groups excluding carboxylic acids is 7. The van der Waals surface area contributed by atoms with Crippen molar-refractivity contribution in [2.45, 2.75) is 60.3 Å². The molecule has 0 fully saturated rings. The van der Waals surface area contributed by atoms with Crippen LogP contribution in [0.25, 0.3) is 22.1 Å². The summed E-state index contributed by atoms with van der Waals surface area (Å²) in [6.45, 7) is 8.00. The molecule has 0 atom stereocenters. The molecule has 0 saturated carbocycles. The van der Waals surface area contributed by atoms with Gasteiger partial charge in [-0.2, -0.15) is 10.2 Å². The number of nitrogens with one attached hydrogen (secondary N) is 3. The molecule has 4 aromatic heterocycles. The maximum Gasteiger partial charge on any atom is 0.276 e. The number of anilines is 2. The predicted octanol–water partition coefficient (Wildman–Crippen LogP) is 2.21. The molecule has 348 valence electrons. The van der Waals surface area contributed by atoms with Crippen LogP contribution in [0, 0.1) is 13.8 Å². The van der Waals surface area contributed by atoms with Gasteiger partial charge in [0, 0.05) is 56.0 Å². The Morgan fingerprint density at radius 1 is 0.701 bits per heavy atom. The second kappa shape index (κ2) is 19.6. The molecule has 0 unspecified atom stereocenters. The van der Waals surface area contributed by atoms with E-state index in [1.807, 2.05) is 13.8 Å². The highest BCUT2D eigenvalue weighted by Crippen LogP contribution is 2.33. The fraction of sp³-hybridized carbons (Fsp3) is 0.295. The lowest BCUT2D eigenvalue weighted by Gasteiger charge is -2.14. The molecule has 0 aliphatic carbocycles. The first-order valence-electron chi connectivity index (χ1n) is 21.1. The van der Waals surface area contributed by atoms with Crippen LogP contribution in [0.3, 0.4) is 0 Å². The van der Waals surface area contributed by atoms with E-state index in [9.17, 15) is 33.6 Å². The summed E-state index contributed by atoms with van der Waals surface area (Å²) in [5.74, 6) is -3.44. The molecular formula is C44H48N14O9. The molecular weight excluding hydrogens is 869 g/mol. The zero-order chi connectivity index (χ0) is 48.1. The lowest BCUT2D eigenvalue weighted by atomic mass is 10.1. The van der Waals surface area contributed by atoms with Gasteiger partial charge < -0.3 is 35.4 Å². The Balaban J connectivity index is 1.21. The second-order valence-corrected chi connectivity index (χ2v) is 15.2. The average Bonchev–Trinajstić information content (AvgIpc) is 4.11. The van der Waals surface area contributed by atoms with Gasteiger partial charge in [-0.05, 0) is 70.5 Å². The van der Waals surface area contributed by atoms with Gasteiger partial charge in [0.1, 0.15) is 40.5 Å². The molecule has 0 bridgehead atoms. The largest absolute Gasteiger partial charge is 0.494 e. The van der Waals surface area contributed by atoms with Gasteiger partial charge >= 0.3 is 0 Å². The molecule has 2 aromatic carbocycles. The molecule has 0 saturated heterocycles. The van der Waals surface area contributed by atoms with Crippen LogP contribution >= 0.6 is 0 Å². The van der Waals surface area contributed by atoms with Crippen molar-refractivity contribution < 1.29 is 43.0 Å². The van der Waals surface area contributed by atoms with E-state index in [0.717, 1.165) is 17.1 Å². The Morgan fingerprint density at radius 3 is 1.64 bits per heavy atom. The number of ether oxygens (including phenoxy) is 2. The van der Waals surface area contributed by atoms with Crippen LogP contribution in [-0.4, -0.2) is 112 Å². The topological polar surface area (TPSA) is 301 Å². The predicted molar refractivity (Wildman–Crippen MR) is 242 cm³/mol. The van der Waals surface area contributed by atoms with E-state index in [4.69, 9.17) is 25.9 Å². The first kappa shape index (κ1) is 46.4. The average molecular weight is 917 g/mol. The highest BCUT2D eigenvalue weighted by atomic mass is 16.5. The number of primary amides is 2. The summed E-state index contributed by atoms with van der Waals surface area (Å²) in [7, 11) is 1.43. The van der Waals surface area contributed by atoms with Crippen LogP contribution in [-0.2, 0) is 40.6 Å². The number of imidazole rings is 2. The Morgan fingerprint density at radius 2 is 1.18 bits per heavy atom. The number of amides is 7. The maximum absolute atomic E-state index is 13.8. The number of aromatic nitrogens is 8. The lowest BCUT2D eigenvalue weighted by Crippen LogP contribution is -2.40. The molecule has 7 rings (SSSR count). The smallest absolute Gasteiger partial charge is 0.276 e. The molecule has 7 amide bonds. The SMILES string of the molecule is CCn1nc(C)cc1C(=O)Nc1nc2cc(C(N)=O)cc(OC)c2n1C/C=C/Cn1c(NC(=O)c2cc(C)nn2CC)nc2cc(C(N)=O)cc(OCCCNC(=O)CN3C(=O)C=CC3=O)c21. The van der Waals surface area contributed by atoms with Crippen LogP contribution in [0.15, 0.2) is 60.7 Å². The summed E-state index contributed by atoms with van der Waals surface area (Å²) in [6, 6.07) is 9.22. The monoisotopic (exact) mass is 916 g/mol. The number of rotatable bonds is 20. The van der Waals surface area contributed by atoms with Crippen molar-refractivity contribution in [2.75, 3.05) is 37.4 Å². The van der Waals surface area contributed by atoms with Crippen LogP contribution in [0.2, 0.25) is 0 Å². The number of hydrogen-bond acceptors (Lipinski definition) is 13. The number of nitrogens with two attached hydrogens (primary N) is 2. The number of nitrogens with zero attached hydrogens (tertiary/aromatic N) is 9. The van der Waals surface area contributed by atoms with Crippen molar-refractivity contribution in [3.63, 3.8) is 0 Å². The standard InChI is InChI=1S/C44H48N14O9/c1-6-57-30(17-24(3)52-57)41(64)50-43-48-28-19-26(39(45)62)21-32(66-5)37(28)54(43)14-8-9-15-55-38-29(49-44(55)51-42(65)31-18-25(4)53-58(31)7-2)20-27(40(46)63)22-33(38)67-16-10-13-47-34(59)23-56-35(60)11-12-36(56)61/h8-9,11-12,17-22H,6-7,10,13-16,23H2,1-5H3,(H2,45,62)(H2,46,63)(H,47,59)(H,48,50,64)(H,49,51,65)/b9-8+. The Kier molecular flexibility index (Phi) is 13.6. The van der Waals surface area contributed by atoms with E-state index in [1.54, 1.807) is 56.6 Å². The molecule has 5 heterocycles. The number of hydrogen-bond donors (Lipinski definition) is 5. The second-order valence-electron chi connectivity index (χ2n) is 15.2. The Labute approximate surface area is 381 Å². The highest BCUT2D eigenvalue weighted by Gasteiger charge is 2.26. The zero-order valence-corrected chi connectivity index (χ0v) is 37.3. The van der Waals surface area contributed by atoms with E-state index < -0.39 is 47.9 Å². The van der Waals surface area contributed by atoms with Crippen molar-refractivity contribution in [1.29, 1.82) is 0 Å². The minimum Gasteiger partial charge on any atom is -0.494 e. The van der Waals surface area contributed by atoms with Crippen molar-refractivity contribution in [1.82, 2.24) is 48.9 Å². The number of carbonyl (C=O) groups is 7. The molecule has 6 aromatic rings. The fourth-order valence-corrected chi connectivity index (χ4v) is 7.45. The Bertz CT molecular complexity index is 3030. The molecule has 7 N–H and O–H groups in total.